The van der Waals surface area contributed by atoms with Crippen LogP contribution in [0.2, 0.25) is 0 Å². The molecule has 6 nitrogen and oxygen atoms in total. The largest absolute Gasteiger partial charge is 0.497 e. The van der Waals surface area contributed by atoms with E-state index in [4.69, 9.17) is 4.74 Å². The summed E-state index contributed by atoms with van der Waals surface area (Å²) < 4.78 is 7.13. The molecular formula is C24H22N4O2. The standard InChI is InChI=1S/C24H22N4O2/c1-30-20-10-5-9-18(15-20)19-12-13-22-23(25-26-28(22)16-19)21-11-6-14-27(21)24(29)17-7-3-2-4-8-17/h2-5,7-10,12-13,15-16,21H,6,11,14H2,1H3/t21-/m1/s1. The van der Waals surface area contributed by atoms with E-state index in [0.717, 1.165) is 47.5 Å². The summed E-state index contributed by atoms with van der Waals surface area (Å²) in [5, 5.41) is 8.82. The van der Waals surface area contributed by atoms with Crippen molar-refractivity contribution < 1.29 is 9.53 Å². The molecule has 5 rings (SSSR count). The molecule has 4 aromatic rings. The van der Waals surface area contributed by atoms with Crippen LogP contribution >= 0.6 is 0 Å². The van der Waals surface area contributed by atoms with E-state index in [-0.39, 0.29) is 11.9 Å². The molecule has 150 valence electrons. The van der Waals surface area contributed by atoms with E-state index in [2.05, 4.69) is 16.4 Å². The van der Waals surface area contributed by atoms with Gasteiger partial charge >= 0.3 is 0 Å². The molecule has 2 aromatic heterocycles. The Kier molecular flexibility index (Phi) is 4.67. The Bertz CT molecular complexity index is 1200. The van der Waals surface area contributed by atoms with Crippen LogP contribution in [0.25, 0.3) is 16.6 Å². The number of amides is 1. The molecule has 0 unspecified atom stereocenters. The molecule has 6 heteroatoms. The number of aromatic nitrogens is 3. The maximum Gasteiger partial charge on any atom is 0.254 e. The number of rotatable bonds is 4. The van der Waals surface area contributed by atoms with E-state index in [1.807, 2.05) is 71.8 Å². The average Bonchev–Trinajstić information content (AvgIpc) is 3.45. The molecule has 1 aliphatic rings. The highest BCUT2D eigenvalue weighted by Gasteiger charge is 2.33. The van der Waals surface area contributed by atoms with Crippen molar-refractivity contribution in [3.8, 4) is 16.9 Å². The van der Waals surface area contributed by atoms with E-state index < -0.39 is 0 Å². The zero-order valence-corrected chi connectivity index (χ0v) is 16.7. The summed E-state index contributed by atoms with van der Waals surface area (Å²) in [6.07, 6.45) is 3.83. The van der Waals surface area contributed by atoms with Gasteiger partial charge in [0.05, 0.1) is 18.7 Å². The molecule has 0 radical (unpaired) electrons. The first-order valence-corrected chi connectivity index (χ1v) is 10.1. The van der Waals surface area contributed by atoms with E-state index in [1.54, 1.807) is 11.6 Å². The van der Waals surface area contributed by atoms with Gasteiger partial charge in [-0.3, -0.25) is 4.79 Å². The van der Waals surface area contributed by atoms with Gasteiger partial charge < -0.3 is 9.64 Å². The summed E-state index contributed by atoms with van der Waals surface area (Å²) >= 11 is 0. The number of hydrogen-bond donors (Lipinski definition) is 0. The fourth-order valence-corrected chi connectivity index (χ4v) is 4.17. The Balaban J connectivity index is 1.48. The minimum atomic E-state index is -0.0575. The van der Waals surface area contributed by atoms with E-state index in [1.165, 1.54) is 0 Å². The Morgan fingerprint density at radius 1 is 1.03 bits per heavy atom. The summed E-state index contributed by atoms with van der Waals surface area (Å²) in [6.45, 7) is 0.735. The topological polar surface area (TPSA) is 59.7 Å². The zero-order chi connectivity index (χ0) is 20.5. The van der Waals surface area contributed by atoms with Crippen LogP contribution in [0.5, 0.6) is 5.75 Å². The van der Waals surface area contributed by atoms with Crippen LogP contribution < -0.4 is 4.74 Å². The van der Waals surface area contributed by atoms with Gasteiger partial charge in [0.25, 0.3) is 5.91 Å². The fourth-order valence-electron chi connectivity index (χ4n) is 4.17. The average molecular weight is 398 g/mol. The van der Waals surface area contributed by atoms with Gasteiger partial charge in [-0.05, 0) is 48.7 Å². The molecule has 0 bridgehead atoms. The highest BCUT2D eigenvalue weighted by Crippen LogP contribution is 2.34. The Morgan fingerprint density at radius 3 is 2.73 bits per heavy atom. The van der Waals surface area contributed by atoms with Crippen molar-refractivity contribution in [2.24, 2.45) is 0 Å². The molecule has 0 saturated carbocycles. The lowest BCUT2D eigenvalue weighted by Gasteiger charge is -2.23. The van der Waals surface area contributed by atoms with Crippen LogP contribution in [0.1, 0.15) is 34.9 Å². The molecule has 0 N–H and O–H groups in total. The zero-order valence-electron chi connectivity index (χ0n) is 16.7. The third kappa shape index (κ3) is 3.20. The second-order valence-corrected chi connectivity index (χ2v) is 7.48. The van der Waals surface area contributed by atoms with Crippen molar-refractivity contribution >= 4 is 11.4 Å². The van der Waals surface area contributed by atoms with Crippen LogP contribution in [0.15, 0.2) is 72.9 Å². The molecule has 1 atom stereocenters. The Morgan fingerprint density at radius 2 is 1.90 bits per heavy atom. The third-order valence-electron chi connectivity index (χ3n) is 5.69. The van der Waals surface area contributed by atoms with Crippen LogP contribution in [-0.2, 0) is 0 Å². The van der Waals surface area contributed by atoms with Crippen LogP contribution in [0.4, 0.5) is 0 Å². The number of pyridine rings is 1. The number of ether oxygens (including phenoxy) is 1. The lowest BCUT2D eigenvalue weighted by molar-refractivity contribution is 0.0734. The molecule has 1 amide bonds. The molecule has 0 aliphatic carbocycles. The van der Waals surface area contributed by atoms with E-state index in [0.29, 0.717) is 5.56 Å². The number of hydrogen-bond acceptors (Lipinski definition) is 4. The highest BCUT2D eigenvalue weighted by molar-refractivity contribution is 5.94. The predicted molar refractivity (Wildman–Crippen MR) is 114 cm³/mol. The lowest BCUT2D eigenvalue weighted by atomic mass is 10.1. The first-order chi connectivity index (χ1) is 14.7. The van der Waals surface area contributed by atoms with Crippen molar-refractivity contribution in [1.29, 1.82) is 0 Å². The van der Waals surface area contributed by atoms with Crippen molar-refractivity contribution in [3.63, 3.8) is 0 Å². The number of benzene rings is 2. The summed E-state index contributed by atoms with van der Waals surface area (Å²) in [5.74, 6) is 0.861. The van der Waals surface area contributed by atoms with Crippen molar-refractivity contribution in [2.45, 2.75) is 18.9 Å². The fraction of sp³-hybridized carbons (Fsp3) is 0.208. The molecule has 1 saturated heterocycles. The van der Waals surface area contributed by atoms with E-state index in [9.17, 15) is 4.79 Å². The number of carbonyl (C=O) groups is 1. The van der Waals surface area contributed by atoms with Gasteiger partial charge in [-0.15, -0.1) is 5.10 Å². The van der Waals surface area contributed by atoms with Crippen molar-refractivity contribution in [1.82, 2.24) is 19.7 Å². The summed E-state index contributed by atoms with van der Waals surface area (Å²) in [5.41, 5.74) is 4.58. The second kappa shape index (κ2) is 7.63. The smallest absolute Gasteiger partial charge is 0.254 e. The maximum absolute atomic E-state index is 13.0. The normalized spacial score (nSPS) is 16.2. The minimum absolute atomic E-state index is 0.0484. The highest BCUT2D eigenvalue weighted by atomic mass is 16.5. The first-order valence-electron chi connectivity index (χ1n) is 10.1. The number of likely N-dealkylation sites (tertiary alicyclic amines) is 1. The quantitative estimate of drug-likeness (QED) is 0.512. The second-order valence-electron chi connectivity index (χ2n) is 7.48. The first kappa shape index (κ1) is 18.4. The molecule has 30 heavy (non-hydrogen) atoms. The summed E-state index contributed by atoms with van der Waals surface area (Å²) in [4.78, 5) is 15.0. The van der Waals surface area contributed by atoms with Gasteiger partial charge in [0.15, 0.2) is 0 Å². The molecule has 0 spiro atoms. The molecule has 3 heterocycles. The maximum atomic E-state index is 13.0. The SMILES string of the molecule is COc1cccc(-c2ccc3c([C@H]4CCCN4C(=O)c4ccccc4)nnn3c2)c1. The number of nitrogens with zero attached hydrogens (tertiary/aromatic N) is 4. The number of fused-ring (bicyclic) bond motifs is 1. The third-order valence-corrected chi connectivity index (χ3v) is 5.69. The van der Waals surface area contributed by atoms with Gasteiger partial charge in [-0.2, -0.15) is 0 Å². The number of carbonyl (C=O) groups excluding carboxylic acids is 1. The van der Waals surface area contributed by atoms with Gasteiger partial charge in [0, 0.05) is 23.9 Å². The Hall–Kier alpha value is -3.67. The van der Waals surface area contributed by atoms with Gasteiger partial charge in [0.1, 0.15) is 11.4 Å². The number of methoxy groups -OCH3 is 1. The van der Waals surface area contributed by atoms with Crippen LogP contribution in [-0.4, -0.2) is 39.3 Å². The molecule has 1 aliphatic heterocycles. The monoisotopic (exact) mass is 398 g/mol. The van der Waals surface area contributed by atoms with Crippen molar-refractivity contribution in [3.05, 3.63) is 84.2 Å². The lowest BCUT2D eigenvalue weighted by Crippen LogP contribution is -2.30. The van der Waals surface area contributed by atoms with Gasteiger partial charge in [0.2, 0.25) is 0 Å². The molecule has 1 fully saturated rings. The minimum Gasteiger partial charge on any atom is -0.497 e. The van der Waals surface area contributed by atoms with Crippen molar-refractivity contribution in [2.75, 3.05) is 13.7 Å². The molecular weight excluding hydrogens is 376 g/mol. The Labute approximate surface area is 174 Å². The van der Waals surface area contributed by atoms with Crippen LogP contribution in [0, 0.1) is 0 Å². The van der Waals surface area contributed by atoms with Gasteiger partial charge in [-0.1, -0.05) is 41.6 Å². The van der Waals surface area contributed by atoms with Gasteiger partial charge in [-0.25, -0.2) is 4.52 Å². The predicted octanol–water partition coefficient (Wildman–Crippen LogP) is 4.38. The summed E-state index contributed by atoms with van der Waals surface area (Å²) in [6, 6.07) is 21.4. The van der Waals surface area contributed by atoms with E-state index >= 15 is 0 Å². The summed E-state index contributed by atoms with van der Waals surface area (Å²) in [7, 11) is 1.66. The molecule has 2 aromatic carbocycles. The van der Waals surface area contributed by atoms with Crippen LogP contribution in [0.3, 0.4) is 0 Å².